The lowest BCUT2D eigenvalue weighted by Crippen LogP contribution is -3.05. The van der Waals surface area contributed by atoms with Crippen LogP contribution in [0.3, 0.4) is 0 Å². The highest BCUT2D eigenvalue weighted by atomic mass is 16.5. The maximum absolute atomic E-state index is 5.74. The molecule has 0 unspecified atom stereocenters. The van der Waals surface area contributed by atoms with Crippen LogP contribution in [0, 0.1) is 0 Å². The quantitative estimate of drug-likeness (QED) is 0.308. The maximum Gasteiger partial charge on any atom is 0.143 e. The van der Waals surface area contributed by atoms with Crippen LogP contribution in [0.15, 0.2) is 36.4 Å². The van der Waals surface area contributed by atoms with Crippen LogP contribution in [0.2, 0.25) is 0 Å². The van der Waals surface area contributed by atoms with Crippen LogP contribution in [0.1, 0.15) is 19.8 Å². The number of nitrogens with one attached hydrogen (secondary N) is 3. The molecule has 0 heterocycles. The predicted molar refractivity (Wildman–Crippen MR) is 124 cm³/mol. The molecule has 2 aromatic carbocycles. The van der Waals surface area contributed by atoms with Gasteiger partial charge in [-0.3, -0.25) is 0 Å². The number of hydrogen-bond acceptors (Lipinski definition) is 6. The SMILES string of the molecule is CCCNc1ccc(N)c(OC)c1.COc1cc(NCCC[NH+](C)C)ccc1N. The molecule has 0 aliphatic carbocycles. The van der Waals surface area contributed by atoms with Crippen molar-refractivity contribution in [2.24, 2.45) is 0 Å². The number of anilines is 4. The van der Waals surface area contributed by atoms with Crippen molar-refractivity contribution in [3.8, 4) is 11.5 Å². The fourth-order valence-corrected chi connectivity index (χ4v) is 2.59. The summed E-state index contributed by atoms with van der Waals surface area (Å²) in [5, 5.41) is 6.61. The Labute approximate surface area is 175 Å². The Kier molecular flexibility index (Phi) is 11.2. The molecule has 7 nitrogen and oxygen atoms in total. The highest BCUT2D eigenvalue weighted by Gasteiger charge is 2.01. The van der Waals surface area contributed by atoms with Gasteiger partial charge in [-0.25, -0.2) is 0 Å². The molecular weight excluding hydrogens is 366 g/mol. The molecule has 7 heteroatoms. The number of rotatable bonds is 10. The van der Waals surface area contributed by atoms with Crippen LogP contribution in [0.4, 0.5) is 22.7 Å². The van der Waals surface area contributed by atoms with Crippen molar-refractivity contribution in [3.05, 3.63) is 36.4 Å². The molecule has 7 N–H and O–H groups in total. The summed E-state index contributed by atoms with van der Waals surface area (Å²) in [4.78, 5) is 1.47. The van der Waals surface area contributed by atoms with Crippen LogP contribution in [-0.4, -0.2) is 47.9 Å². The van der Waals surface area contributed by atoms with Crippen molar-refractivity contribution in [1.82, 2.24) is 0 Å². The minimum Gasteiger partial charge on any atom is -0.495 e. The smallest absolute Gasteiger partial charge is 0.143 e. The molecule has 0 saturated carbocycles. The van der Waals surface area contributed by atoms with Crippen molar-refractivity contribution in [1.29, 1.82) is 0 Å². The number of benzene rings is 2. The third-order valence-electron chi connectivity index (χ3n) is 4.23. The summed E-state index contributed by atoms with van der Waals surface area (Å²) in [6, 6.07) is 11.5. The van der Waals surface area contributed by atoms with E-state index in [1.54, 1.807) is 14.2 Å². The first kappa shape index (κ1) is 24.2. The van der Waals surface area contributed by atoms with E-state index in [1.165, 1.54) is 11.4 Å². The molecule has 0 fully saturated rings. The van der Waals surface area contributed by atoms with Crippen LogP contribution >= 0.6 is 0 Å². The zero-order chi connectivity index (χ0) is 21.6. The summed E-state index contributed by atoms with van der Waals surface area (Å²) in [5.41, 5.74) is 14.9. The first-order chi connectivity index (χ1) is 13.9. The van der Waals surface area contributed by atoms with Crippen LogP contribution < -0.4 is 36.5 Å². The lowest BCUT2D eigenvalue weighted by Gasteiger charge is -2.11. The number of nitrogens with two attached hydrogens (primary N) is 2. The summed E-state index contributed by atoms with van der Waals surface area (Å²) in [6.07, 6.45) is 2.25. The lowest BCUT2D eigenvalue weighted by molar-refractivity contribution is -0.858. The van der Waals surface area contributed by atoms with E-state index in [4.69, 9.17) is 20.9 Å². The summed E-state index contributed by atoms with van der Waals surface area (Å²) in [7, 11) is 7.57. The van der Waals surface area contributed by atoms with Gasteiger partial charge >= 0.3 is 0 Å². The second-order valence-electron chi connectivity index (χ2n) is 7.08. The third kappa shape index (κ3) is 9.30. The van der Waals surface area contributed by atoms with Crippen LogP contribution in [-0.2, 0) is 0 Å². The van der Waals surface area contributed by atoms with Gasteiger partial charge in [0.05, 0.1) is 46.2 Å². The largest absolute Gasteiger partial charge is 0.495 e. The van der Waals surface area contributed by atoms with Crippen molar-refractivity contribution in [2.75, 3.05) is 70.1 Å². The monoisotopic (exact) mass is 404 g/mol. The van der Waals surface area contributed by atoms with Gasteiger partial charge in [0.1, 0.15) is 11.5 Å². The van der Waals surface area contributed by atoms with Gasteiger partial charge in [-0.2, -0.15) is 0 Å². The van der Waals surface area contributed by atoms with Gasteiger partial charge in [-0.15, -0.1) is 0 Å². The Morgan fingerprint density at radius 2 is 1.31 bits per heavy atom. The van der Waals surface area contributed by atoms with Gasteiger partial charge in [-0.05, 0) is 30.7 Å². The normalized spacial score (nSPS) is 10.1. The van der Waals surface area contributed by atoms with E-state index >= 15 is 0 Å². The Morgan fingerprint density at radius 1 is 0.828 bits per heavy atom. The van der Waals surface area contributed by atoms with Crippen molar-refractivity contribution >= 4 is 22.7 Å². The Hall–Kier alpha value is -2.80. The summed E-state index contributed by atoms with van der Waals surface area (Å²) in [6.45, 7) is 5.23. The molecular formula is C22H38N5O2+. The van der Waals surface area contributed by atoms with E-state index in [0.29, 0.717) is 11.4 Å². The van der Waals surface area contributed by atoms with Gasteiger partial charge in [0.25, 0.3) is 0 Å². The second kappa shape index (κ2) is 13.4. The minimum atomic E-state index is 0.671. The predicted octanol–water partition coefficient (Wildman–Crippen LogP) is 2.32. The number of quaternary nitrogens is 1. The Morgan fingerprint density at radius 3 is 1.72 bits per heavy atom. The molecule has 0 saturated heterocycles. The van der Waals surface area contributed by atoms with Crippen LogP contribution in [0.5, 0.6) is 11.5 Å². The third-order valence-corrected chi connectivity index (χ3v) is 4.23. The average Bonchev–Trinajstić information content (AvgIpc) is 2.72. The first-order valence-corrected chi connectivity index (χ1v) is 10.0. The van der Waals surface area contributed by atoms with Gasteiger partial charge in [0.15, 0.2) is 0 Å². The summed E-state index contributed by atoms with van der Waals surface area (Å²) < 4.78 is 10.3. The zero-order valence-corrected chi connectivity index (χ0v) is 18.5. The fraction of sp³-hybridized carbons (Fsp3) is 0.455. The Bertz CT molecular complexity index is 722. The van der Waals surface area contributed by atoms with Gasteiger partial charge in [-0.1, -0.05) is 6.92 Å². The number of methoxy groups -OCH3 is 2. The van der Waals surface area contributed by atoms with E-state index in [9.17, 15) is 0 Å². The number of nitrogen functional groups attached to an aromatic ring is 2. The highest BCUT2D eigenvalue weighted by molar-refractivity contribution is 5.62. The molecule has 0 bridgehead atoms. The van der Waals surface area contributed by atoms with E-state index in [2.05, 4.69) is 31.7 Å². The second-order valence-corrected chi connectivity index (χ2v) is 7.08. The van der Waals surface area contributed by atoms with E-state index in [-0.39, 0.29) is 0 Å². The molecule has 162 valence electrons. The molecule has 0 aromatic heterocycles. The van der Waals surface area contributed by atoms with Gasteiger partial charge in [0, 0.05) is 43.0 Å². The van der Waals surface area contributed by atoms with E-state index < -0.39 is 0 Å². The van der Waals surface area contributed by atoms with Crippen LogP contribution in [0.25, 0.3) is 0 Å². The molecule has 0 radical (unpaired) electrons. The molecule has 0 spiro atoms. The number of hydrogen-bond donors (Lipinski definition) is 5. The molecule has 2 aromatic rings. The highest BCUT2D eigenvalue weighted by Crippen LogP contribution is 2.25. The molecule has 0 amide bonds. The van der Waals surface area contributed by atoms with Gasteiger partial charge in [0.2, 0.25) is 0 Å². The van der Waals surface area contributed by atoms with Crippen molar-refractivity contribution in [3.63, 3.8) is 0 Å². The average molecular weight is 405 g/mol. The minimum absolute atomic E-state index is 0.671. The zero-order valence-electron chi connectivity index (χ0n) is 18.5. The lowest BCUT2D eigenvalue weighted by atomic mass is 10.2. The molecule has 0 aliphatic heterocycles. The van der Waals surface area contributed by atoms with Crippen molar-refractivity contribution in [2.45, 2.75) is 19.8 Å². The first-order valence-electron chi connectivity index (χ1n) is 10.0. The fourth-order valence-electron chi connectivity index (χ4n) is 2.59. The molecule has 0 atom stereocenters. The number of ether oxygens (including phenoxy) is 2. The summed E-state index contributed by atoms with van der Waals surface area (Å²) >= 11 is 0. The van der Waals surface area contributed by atoms with Gasteiger partial charge < -0.3 is 36.5 Å². The van der Waals surface area contributed by atoms with Crippen molar-refractivity contribution < 1.29 is 14.4 Å². The van der Waals surface area contributed by atoms with E-state index in [1.807, 2.05) is 36.4 Å². The standard InChI is InChI=1S/C12H21N3O.C10H16N2O/c1-15(2)8-4-7-14-10-5-6-11(13)12(9-10)16-3;1-3-6-12-8-4-5-9(11)10(7-8)13-2/h5-6,9,14H,4,7-8,13H2,1-3H3;4-5,7,12H,3,6,11H2,1-2H3/p+1. The topological polar surface area (TPSA) is 99.0 Å². The molecule has 0 aliphatic rings. The summed E-state index contributed by atoms with van der Waals surface area (Å²) in [5.74, 6) is 1.45. The maximum atomic E-state index is 5.74. The Balaban J connectivity index is 0.000000296. The molecule has 2 rings (SSSR count). The molecule has 29 heavy (non-hydrogen) atoms. The van der Waals surface area contributed by atoms with E-state index in [0.717, 1.165) is 48.8 Å².